The SMILES string of the molecule is O=c1[nH]nnc2nc([N+](=O)[O-])nn12. The van der Waals surface area contributed by atoms with Gasteiger partial charge in [0.1, 0.15) is 0 Å². The van der Waals surface area contributed by atoms with Gasteiger partial charge in [-0.1, -0.05) is 14.8 Å². The summed E-state index contributed by atoms with van der Waals surface area (Å²) in [6, 6.07) is 0. The van der Waals surface area contributed by atoms with Crippen LogP contribution >= 0.6 is 0 Å². The Morgan fingerprint density at radius 2 is 2.31 bits per heavy atom. The van der Waals surface area contributed by atoms with Crippen LogP contribution < -0.4 is 5.69 Å². The standard InChI is InChI=1S/C3HN7O3/c11-3-6-8-5-1-4-2(10(12)13)7-9(1)3/h(H,4,5,6,7,11). The van der Waals surface area contributed by atoms with Gasteiger partial charge in [0.2, 0.25) is 0 Å². The first kappa shape index (κ1) is 7.27. The van der Waals surface area contributed by atoms with Gasteiger partial charge in [-0.05, 0) is 9.91 Å². The molecule has 13 heavy (non-hydrogen) atoms. The van der Waals surface area contributed by atoms with E-state index < -0.39 is 16.6 Å². The van der Waals surface area contributed by atoms with E-state index >= 15 is 0 Å². The van der Waals surface area contributed by atoms with E-state index in [1.165, 1.54) is 0 Å². The molecule has 0 saturated heterocycles. The fourth-order valence-corrected chi connectivity index (χ4v) is 0.731. The first-order valence-corrected chi connectivity index (χ1v) is 3.01. The number of rotatable bonds is 1. The fourth-order valence-electron chi connectivity index (χ4n) is 0.731. The summed E-state index contributed by atoms with van der Waals surface area (Å²) < 4.78 is 0.658. The Morgan fingerprint density at radius 1 is 1.54 bits per heavy atom. The molecule has 0 fully saturated rings. The quantitative estimate of drug-likeness (QED) is 0.403. The summed E-state index contributed by atoms with van der Waals surface area (Å²) in [4.78, 5) is 23.6. The lowest BCUT2D eigenvalue weighted by Crippen LogP contribution is -2.19. The Labute approximate surface area is 68.4 Å². The van der Waals surface area contributed by atoms with Gasteiger partial charge < -0.3 is 10.1 Å². The van der Waals surface area contributed by atoms with Crippen molar-refractivity contribution < 1.29 is 4.92 Å². The Morgan fingerprint density at radius 3 is 2.92 bits per heavy atom. The van der Waals surface area contributed by atoms with E-state index in [0.29, 0.717) is 4.52 Å². The highest BCUT2D eigenvalue weighted by Gasteiger charge is 2.18. The molecule has 2 rings (SSSR count). The lowest BCUT2D eigenvalue weighted by molar-refractivity contribution is -0.394. The van der Waals surface area contributed by atoms with Gasteiger partial charge in [0.05, 0.1) is 0 Å². The van der Waals surface area contributed by atoms with Gasteiger partial charge in [0.15, 0.2) is 0 Å². The number of nitro groups is 1. The van der Waals surface area contributed by atoms with E-state index in [1.54, 1.807) is 0 Å². The highest BCUT2D eigenvalue weighted by atomic mass is 16.6. The summed E-state index contributed by atoms with van der Waals surface area (Å²) in [5.41, 5.74) is -0.731. The highest BCUT2D eigenvalue weighted by Crippen LogP contribution is 2.00. The normalized spacial score (nSPS) is 10.5. The molecule has 0 aromatic carbocycles. The molecule has 66 valence electrons. The van der Waals surface area contributed by atoms with Crippen LogP contribution in [0.5, 0.6) is 0 Å². The Kier molecular flexibility index (Phi) is 1.28. The van der Waals surface area contributed by atoms with Crippen LogP contribution in [0.3, 0.4) is 0 Å². The maximum Gasteiger partial charge on any atom is 0.493 e. The van der Waals surface area contributed by atoms with Crippen molar-refractivity contribution in [1.29, 1.82) is 0 Å². The molecule has 2 heterocycles. The number of aromatic amines is 1. The monoisotopic (exact) mass is 183 g/mol. The molecule has 0 amide bonds. The zero-order valence-corrected chi connectivity index (χ0v) is 5.91. The van der Waals surface area contributed by atoms with E-state index in [9.17, 15) is 14.9 Å². The second-order valence-corrected chi connectivity index (χ2v) is 2.00. The van der Waals surface area contributed by atoms with E-state index in [2.05, 4.69) is 20.4 Å². The van der Waals surface area contributed by atoms with Crippen LogP contribution in [0, 0.1) is 10.1 Å². The molecule has 10 nitrogen and oxygen atoms in total. The van der Waals surface area contributed by atoms with Gasteiger partial charge >= 0.3 is 17.4 Å². The lowest BCUT2D eigenvalue weighted by atomic mass is 11.0. The molecule has 2 aromatic heterocycles. The summed E-state index contributed by atoms with van der Waals surface area (Å²) in [5.74, 6) is -0.901. The van der Waals surface area contributed by atoms with Crippen LogP contribution in [0.1, 0.15) is 0 Å². The molecule has 0 atom stereocenters. The van der Waals surface area contributed by atoms with E-state index in [1.807, 2.05) is 5.10 Å². The zero-order valence-electron chi connectivity index (χ0n) is 5.91. The minimum Gasteiger partial charge on any atom is -0.390 e. The van der Waals surface area contributed by atoms with E-state index in [4.69, 9.17) is 0 Å². The molecule has 1 N–H and O–H groups in total. The summed E-state index contributed by atoms with van der Waals surface area (Å²) in [6.45, 7) is 0. The molecule has 10 heteroatoms. The minimum absolute atomic E-state index is 0.213. The number of aromatic nitrogens is 6. The van der Waals surface area contributed by atoms with Crippen molar-refractivity contribution in [3.8, 4) is 0 Å². The van der Waals surface area contributed by atoms with Crippen LogP contribution in [-0.2, 0) is 0 Å². The highest BCUT2D eigenvalue weighted by molar-refractivity contribution is 5.26. The van der Waals surface area contributed by atoms with Crippen molar-refractivity contribution in [1.82, 2.24) is 30.0 Å². The molecule has 0 aliphatic heterocycles. The number of nitrogens with one attached hydrogen (secondary N) is 1. The average Bonchev–Trinajstić information content (AvgIpc) is 2.49. The second-order valence-electron chi connectivity index (χ2n) is 2.00. The van der Waals surface area contributed by atoms with Gasteiger partial charge in [0, 0.05) is 5.10 Å². The average molecular weight is 183 g/mol. The molecular formula is C3HN7O3. The smallest absolute Gasteiger partial charge is 0.390 e. The van der Waals surface area contributed by atoms with Crippen molar-refractivity contribution in [2.45, 2.75) is 0 Å². The Hall–Kier alpha value is -2.39. The van der Waals surface area contributed by atoms with Gasteiger partial charge in [-0.25, -0.2) is 9.89 Å². The van der Waals surface area contributed by atoms with Crippen molar-refractivity contribution in [3.05, 3.63) is 20.6 Å². The summed E-state index contributed by atoms with van der Waals surface area (Å²) >= 11 is 0. The Balaban J connectivity index is 2.83. The fraction of sp³-hybridized carbons (Fsp3) is 0. The topological polar surface area (TPSA) is 132 Å². The van der Waals surface area contributed by atoms with Gasteiger partial charge in [0.25, 0.3) is 0 Å². The third-order valence-corrected chi connectivity index (χ3v) is 1.22. The molecule has 0 saturated carbocycles. The Bertz CT molecular complexity index is 525. The number of hydrogen-bond acceptors (Lipinski definition) is 7. The van der Waals surface area contributed by atoms with Crippen molar-refractivity contribution >= 4 is 11.7 Å². The van der Waals surface area contributed by atoms with Crippen LogP contribution in [-0.4, -0.2) is 34.9 Å². The number of fused-ring (bicyclic) bond motifs is 1. The maximum atomic E-state index is 10.9. The summed E-state index contributed by atoms with van der Waals surface area (Å²) in [7, 11) is 0. The molecule has 0 radical (unpaired) electrons. The molecule has 2 aromatic rings. The number of nitrogens with zero attached hydrogens (tertiary/aromatic N) is 6. The van der Waals surface area contributed by atoms with Crippen LogP contribution in [0.2, 0.25) is 0 Å². The van der Waals surface area contributed by atoms with E-state index in [0.717, 1.165) is 0 Å². The molecule has 0 unspecified atom stereocenters. The zero-order chi connectivity index (χ0) is 9.42. The van der Waals surface area contributed by atoms with Crippen molar-refractivity contribution in [2.24, 2.45) is 0 Å². The number of hydrogen-bond donors (Lipinski definition) is 1. The van der Waals surface area contributed by atoms with Gasteiger partial charge in [-0.2, -0.15) is 0 Å². The van der Waals surface area contributed by atoms with Gasteiger partial charge in [-0.15, -0.1) is 0 Å². The molecular weight excluding hydrogens is 182 g/mol. The second kappa shape index (κ2) is 2.30. The summed E-state index contributed by atoms with van der Waals surface area (Å²) in [5, 5.41) is 21.9. The first-order chi connectivity index (χ1) is 6.18. The predicted octanol–water partition coefficient (Wildman–Crippen LogP) is -1.88. The molecule has 0 aliphatic rings. The third-order valence-electron chi connectivity index (χ3n) is 1.22. The predicted molar refractivity (Wildman–Crippen MR) is 35.9 cm³/mol. The van der Waals surface area contributed by atoms with Crippen molar-refractivity contribution in [2.75, 3.05) is 0 Å². The molecule has 0 aliphatic carbocycles. The van der Waals surface area contributed by atoms with E-state index in [-0.39, 0.29) is 5.78 Å². The largest absolute Gasteiger partial charge is 0.493 e. The van der Waals surface area contributed by atoms with Gasteiger partial charge in [-0.3, -0.25) is 0 Å². The van der Waals surface area contributed by atoms with Crippen LogP contribution in [0.15, 0.2) is 4.79 Å². The lowest BCUT2D eigenvalue weighted by Gasteiger charge is -1.81. The van der Waals surface area contributed by atoms with Crippen LogP contribution in [0.25, 0.3) is 5.78 Å². The summed E-state index contributed by atoms with van der Waals surface area (Å²) in [6.07, 6.45) is 0. The molecule has 0 bridgehead atoms. The number of H-pyrrole nitrogens is 1. The van der Waals surface area contributed by atoms with Crippen LogP contribution in [0.4, 0.5) is 5.95 Å². The minimum atomic E-state index is -0.825. The first-order valence-electron chi connectivity index (χ1n) is 3.01. The maximum absolute atomic E-state index is 10.9. The molecule has 0 spiro atoms. The third kappa shape index (κ3) is 0.998. The van der Waals surface area contributed by atoms with Crippen molar-refractivity contribution in [3.63, 3.8) is 0 Å².